The fourth-order valence-electron chi connectivity index (χ4n) is 3.67. The normalized spacial score (nSPS) is 17.4. The number of fused-ring (bicyclic) bond motifs is 2. The highest BCUT2D eigenvalue weighted by Crippen LogP contribution is 2.38. The largest absolute Gasteiger partial charge is 0.316 e. The second-order valence-corrected chi connectivity index (χ2v) is 6.76. The first-order valence-corrected chi connectivity index (χ1v) is 8.87. The highest BCUT2D eigenvalue weighted by atomic mass is 32.2. The molecule has 1 fully saturated rings. The lowest BCUT2D eigenvalue weighted by molar-refractivity contribution is 0.611. The Morgan fingerprint density at radius 2 is 1.83 bits per heavy atom. The minimum absolute atomic E-state index is 0.327. The molecule has 1 N–H and O–H groups in total. The van der Waals surface area contributed by atoms with Crippen LogP contribution in [0.3, 0.4) is 0 Å². The number of aromatic nitrogens is 1. The van der Waals surface area contributed by atoms with E-state index in [0.717, 1.165) is 44.5 Å². The first-order valence-electron chi connectivity index (χ1n) is 8.15. The minimum atomic E-state index is 0.327. The van der Waals surface area contributed by atoms with Crippen molar-refractivity contribution in [1.82, 2.24) is 10.3 Å². The van der Waals surface area contributed by atoms with E-state index in [1.165, 1.54) is 27.8 Å². The van der Waals surface area contributed by atoms with Crippen LogP contribution in [0.4, 0.5) is 3.89 Å². The molecular weight excluding hydrogens is 307 g/mol. The molecule has 0 radical (unpaired) electrons. The Kier molecular flexibility index (Phi) is 4.19. The van der Waals surface area contributed by atoms with Crippen LogP contribution in [0.5, 0.6) is 0 Å². The van der Waals surface area contributed by atoms with E-state index in [2.05, 4.69) is 17.4 Å². The van der Waals surface area contributed by atoms with Crippen LogP contribution in [0.2, 0.25) is 0 Å². The van der Waals surface area contributed by atoms with Crippen LogP contribution in [0.1, 0.15) is 35.2 Å². The summed E-state index contributed by atoms with van der Waals surface area (Å²) in [7, 11) is 0. The van der Waals surface area contributed by atoms with Crippen LogP contribution in [0, 0.1) is 0 Å². The van der Waals surface area contributed by atoms with Gasteiger partial charge in [0.05, 0.1) is 17.8 Å². The second-order valence-electron chi connectivity index (χ2n) is 6.14. The van der Waals surface area contributed by atoms with Crippen molar-refractivity contribution in [3.8, 4) is 0 Å². The van der Waals surface area contributed by atoms with Crippen molar-refractivity contribution >= 4 is 17.7 Å². The van der Waals surface area contributed by atoms with Crippen LogP contribution in [0.15, 0.2) is 47.0 Å². The average molecular weight is 326 g/mol. The lowest BCUT2D eigenvalue weighted by atomic mass is 9.89. The molecule has 0 spiro atoms. The van der Waals surface area contributed by atoms with E-state index in [0.29, 0.717) is 17.0 Å². The second kappa shape index (κ2) is 6.46. The van der Waals surface area contributed by atoms with Crippen molar-refractivity contribution in [2.75, 3.05) is 13.1 Å². The number of benzene rings is 1. The molecule has 0 atom stereocenters. The van der Waals surface area contributed by atoms with E-state index in [1.807, 2.05) is 24.4 Å². The molecule has 1 aliphatic carbocycles. The SMILES string of the molecule is FSc1ccc2c(c1)CCc1cccnc1C2=C1CCNCC1. The molecule has 0 unspecified atom stereocenters. The summed E-state index contributed by atoms with van der Waals surface area (Å²) in [5.74, 6) is 0. The van der Waals surface area contributed by atoms with Gasteiger partial charge in [0.1, 0.15) is 0 Å². The van der Waals surface area contributed by atoms with Crippen molar-refractivity contribution in [2.45, 2.75) is 30.6 Å². The van der Waals surface area contributed by atoms with Gasteiger partial charge < -0.3 is 5.32 Å². The lowest BCUT2D eigenvalue weighted by Crippen LogP contribution is -2.24. The Bertz CT molecular complexity index is 762. The highest BCUT2D eigenvalue weighted by Gasteiger charge is 2.23. The van der Waals surface area contributed by atoms with Crippen molar-refractivity contribution in [2.24, 2.45) is 0 Å². The van der Waals surface area contributed by atoms with Gasteiger partial charge >= 0.3 is 0 Å². The predicted octanol–water partition coefficient (Wildman–Crippen LogP) is 4.34. The zero-order valence-electron chi connectivity index (χ0n) is 12.9. The van der Waals surface area contributed by atoms with E-state index in [1.54, 1.807) is 0 Å². The number of nitrogens with one attached hydrogen (secondary N) is 1. The zero-order valence-corrected chi connectivity index (χ0v) is 13.8. The highest BCUT2D eigenvalue weighted by molar-refractivity contribution is 7.94. The molecule has 0 saturated carbocycles. The van der Waals surface area contributed by atoms with E-state index < -0.39 is 0 Å². The summed E-state index contributed by atoms with van der Waals surface area (Å²) in [4.78, 5) is 5.41. The van der Waals surface area contributed by atoms with E-state index in [-0.39, 0.29) is 0 Å². The maximum Gasteiger partial charge on any atom is 0.0812 e. The molecule has 23 heavy (non-hydrogen) atoms. The molecule has 4 rings (SSSR count). The first-order chi connectivity index (χ1) is 11.4. The number of aryl methyl sites for hydroxylation is 2. The fraction of sp³-hybridized carbons (Fsp3) is 0.316. The monoisotopic (exact) mass is 326 g/mol. The molecule has 4 heteroatoms. The third-order valence-electron chi connectivity index (χ3n) is 4.79. The summed E-state index contributed by atoms with van der Waals surface area (Å²) in [5.41, 5.74) is 7.70. The Hall–Kier alpha value is -1.65. The number of pyridine rings is 1. The van der Waals surface area contributed by atoms with E-state index in [4.69, 9.17) is 4.98 Å². The van der Waals surface area contributed by atoms with Crippen molar-refractivity contribution in [3.63, 3.8) is 0 Å². The summed E-state index contributed by atoms with van der Waals surface area (Å²) in [5, 5.41) is 3.43. The van der Waals surface area contributed by atoms with Crippen LogP contribution < -0.4 is 5.32 Å². The number of piperidine rings is 1. The standard InChI is InChI=1S/C19H19FN2S/c20-23-16-5-6-17-15(12-16)4-3-14-2-1-9-22-19(14)18(17)13-7-10-21-11-8-13/h1-2,5-6,9,12,21H,3-4,7-8,10-11H2. The summed E-state index contributed by atoms with van der Waals surface area (Å²) in [6.07, 6.45) is 5.91. The third-order valence-corrected chi connectivity index (χ3v) is 5.22. The minimum Gasteiger partial charge on any atom is -0.316 e. The summed E-state index contributed by atoms with van der Waals surface area (Å²) in [6, 6.07) is 10.2. The summed E-state index contributed by atoms with van der Waals surface area (Å²) < 4.78 is 13.0. The van der Waals surface area contributed by atoms with Gasteiger partial charge in [-0.3, -0.25) is 4.98 Å². The molecular formula is C19H19FN2S. The predicted molar refractivity (Wildman–Crippen MR) is 93.2 cm³/mol. The van der Waals surface area contributed by atoms with Gasteiger partial charge in [-0.05, 0) is 73.7 Å². The average Bonchev–Trinajstić information content (AvgIpc) is 2.78. The van der Waals surface area contributed by atoms with Gasteiger partial charge in [0, 0.05) is 16.7 Å². The molecule has 1 aromatic heterocycles. The molecule has 1 aliphatic heterocycles. The molecule has 1 saturated heterocycles. The van der Waals surface area contributed by atoms with Gasteiger partial charge in [-0.1, -0.05) is 17.7 Å². The van der Waals surface area contributed by atoms with E-state index >= 15 is 0 Å². The number of hydrogen-bond donors (Lipinski definition) is 1. The third kappa shape index (κ3) is 2.81. The summed E-state index contributed by atoms with van der Waals surface area (Å²) in [6.45, 7) is 2.05. The van der Waals surface area contributed by atoms with Crippen LogP contribution in [-0.2, 0) is 12.8 Å². The molecule has 2 aliphatic rings. The van der Waals surface area contributed by atoms with Crippen LogP contribution >= 0.6 is 12.1 Å². The molecule has 2 aromatic rings. The Labute approximate surface area is 140 Å². The van der Waals surface area contributed by atoms with Crippen molar-refractivity contribution in [3.05, 3.63) is 64.5 Å². The first kappa shape index (κ1) is 14.9. The quantitative estimate of drug-likeness (QED) is 0.844. The van der Waals surface area contributed by atoms with Gasteiger partial charge in [0.15, 0.2) is 0 Å². The van der Waals surface area contributed by atoms with Gasteiger partial charge in [-0.15, -0.1) is 0 Å². The van der Waals surface area contributed by atoms with Crippen LogP contribution in [0.25, 0.3) is 5.57 Å². The summed E-state index contributed by atoms with van der Waals surface area (Å²) >= 11 is 0.327. The fourth-order valence-corrected chi connectivity index (χ4v) is 3.97. The number of halogens is 1. The number of nitrogens with zero attached hydrogens (tertiary/aromatic N) is 1. The van der Waals surface area contributed by atoms with Gasteiger partial charge in [0.25, 0.3) is 0 Å². The Morgan fingerprint density at radius 1 is 1.00 bits per heavy atom. The maximum atomic E-state index is 13.0. The molecule has 0 amide bonds. The Morgan fingerprint density at radius 3 is 2.65 bits per heavy atom. The Balaban J connectivity index is 1.95. The molecule has 118 valence electrons. The van der Waals surface area contributed by atoms with Gasteiger partial charge in [-0.25, -0.2) is 0 Å². The molecule has 0 bridgehead atoms. The lowest BCUT2D eigenvalue weighted by Gasteiger charge is -2.21. The maximum absolute atomic E-state index is 13.0. The molecule has 2 nitrogen and oxygen atoms in total. The van der Waals surface area contributed by atoms with Crippen LogP contribution in [-0.4, -0.2) is 18.1 Å². The smallest absolute Gasteiger partial charge is 0.0812 e. The van der Waals surface area contributed by atoms with Gasteiger partial charge in [0.2, 0.25) is 0 Å². The van der Waals surface area contributed by atoms with Gasteiger partial charge in [-0.2, -0.15) is 3.89 Å². The number of rotatable bonds is 1. The molecule has 2 heterocycles. The topological polar surface area (TPSA) is 24.9 Å². The van der Waals surface area contributed by atoms with Crippen molar-refractivity contribution < 1.29 is 3.89 Å². The molecule has 1 aromatic carbocycles. The van der Waals surface area contributed by atoms with Crippen molar-refractivity contribution in [1.29, 1.82) is 0 Å². The van der Waals surface area contributed by atoms with E-state index in [9.17, 15) is 3.89 Å². The zero-order chi connectivity index (χ0) is 15.6. The number of hydrogen-bond acceptors (Lipinski definition) is 3.